The second-order valence-corrected chi connectivity index (χ2v) is 18.1. The third kappa shape index (κ3) is 48.2. The molecule has 372 valence electrons. The van der Waals surface area contributed by atoms with E-state index in [1.807, 2.05) is 21.1 Å². The molecule has 0 saturated carbocycles. The van der Waals surface area contributed by atoms with Gasteiger partial charge in [0, 0.05) is 12.8 Å². The van der Waals surface area contributed by atoms with Crippen LogP contribution >= 0.6 is 0 Å². The molecule has 0 aromatic carbocycles. The molecule has 0 aliphatic heterocycles. The number of nitrogens with zero attached hydrogens (tertiary/aromatic N) is 1. The van der Waals surface area contributed by atoms with Crippen LogP contribution < -0.4 is 0 Å². The molecule has 0 fully saturated rings. The van der Waals surface area contributed by atoms with Gasteiger partial charge in [-0.2, -0.15) is 0 Å². The minimum atomic E-state index is -1.53. The predicted molar refractivity (Wildman–Crippen MR) is 272 cm³/mol. The van der Waals surface area contributed by atoms with Crippen LogP contribution in [0, 0.1) is 0 Å². The maximum absolute atomic E-state index is 12.8. The van der Waals surface area contributed by atoms with Crippen LogP contribution in [0.1, 0.15) is 194 Å². The number of ether oxygens (including phenoxy) is 4. The number of hydrogen-bond acceptors (Lipinski definition) is 7. The molecule has 2 unspecified atom stereocenters. The van der Waals surface area contributed by atoms with Gasteiger partial charge in [0.25, 0.3) is 6.29 Å². The molecule has 9 heteroatoms. The van der Waals surface area contributed by atoms with E-state index >= 15 is 0 Å². The highest BCUT2D eigenvalue weighted by Gasteiger charge is 2.25. The minimum absolute atomic E-state index is 0.175. The third-order valence-corrected chi connectivity index (χ3v) is 10.6. The molecule has 0 rings (SSSR count). The first-order valence-corrected chi connectivity index (χ1v) is 25.8. The number of carboxylic acid groups (broad SMARTS) is 1. The molecule has 0 aliphatic carbocycles. The van der Waals surface area contributed by atoms with Crippen LogP contribution in [0.25, 0.3) is 0 Å². The lowest BCUT2D eigenvalue weighted by Gasteiger charge is -2.25. The van der Waals surface area contributed by atoms with E-state index in [9.17, 15) is 19.5 Å². The second-order valence-electron chi connectivity index (χ2n) is 18.1. The van der Waals surface area contributed by atoms with Crippen molar-refractivity contribution in [2.75, 3.05) is 47.5 Å². The monoisotopic (exact) mass is 911 g/mol. The first kappa shape index (κ1) is 61.5. The molecule has 0 saturated heterocycles. The first-order valence-electron chi connectivity index (χ1n) is 25.8. The average molecular weight is 911 g/mol. The minimum Gasteiger partial charge on any atom is -0.477 e. The molecule has 1 N–H and O–H groups in total. The van der Waals surface area contributed by atoms with Crippen LogP contribution in [0.3, 0.4) is 0 Å². The highest BCUT2D eigenvalue weighted by atomic mass is 16.7. The van der Waals surface area contributed by atoms with Gasteiger partial charge in [0.2, 0.25) is 0 Å². The Morgan fingerprint density at radius 1 is 0.477 bits per heavy atom. The second kappa shape index (κ2) is 47.0. The summed E-state index contributed by atoms with van der Waals surface area (Å²) in [5.41, 5.74) is 0. The van der Waals surface area contributed by atoms with Crippen molar-refractivity contribution < 1.29 is 42.9 Å². The Bertz CT molecular complexity index is 1340. The van der Waals surface area contributed by atoms with Gasteiger partial charge in [-0.15, -0.1) is 0 Å². The maximum Gasteiger partial charge on any atom is 0.361 e. The Labute approximate surface area is 398 Å². The van der Waals surface area contributed by atoms with Crippen LogP contribution in [0.4, 0.5) is 0 Å². The number of likely N-dealkylation sites (N-methyl/N-ethyl adjacent to an activating group) is 1. The van der Waals surface area contributed by atoms with E-state index in [4.69, 9.17) is 18.9 Å². The molecule has 0 aromatic rings. The Morgan fingerprint density at radius 3 is 1.34 bits per heavy atom. The molecule has 0 aromatic heterocycles. The Balaban J connectivity index is 4.34. The van der Waals surface area contributed by atoms with Gasteiger partial charge in [-0.3, -0.25) is 9.59 Å². The van der Waals surface area contributed by atoms with Crippen molar-refractivity contribution in [1.82, 2.24) is 0 Å². The van der Waals surface area contributed by atoms with Crippen molar-refractivity contribution >= 4 is 17.9 Å². The molecular formula is C56H96NO8+. The number of carboxylic acids is 1. The topological polar surface area (TPSA) is 108 Å². The quantitative estimate of drug-likeness (QED) is 0.0211. The van der Waals surface area contributed by atoms with Crippen molar-refractivity contribution in [3.05, 3.63) is 85.1 Å². The number of unbranched alkanes of at least 4 members (excludes halogenated alkanes) is 17. The Kier molecular flexibility index (Phi) is 44.4. The molecule has 0 bridgehead atoms. The third-order valence-electron chi connectivity index (χ3n) is 10.6. The summed E-state index contributed by atoms with van der Waals surface area (Å²) in [6.45, 7) is 4.68. The lowest BCUT2D eigenvalue weighted by molar-refractivity contribution is -0.870. The van der Waals surface area contributed by atoms with Gasteiger partial charge in [-0.25, -0.2) is 4.79 Å². The molecule has 9 nitrogen and oxygen atoms in total. The van der Waals surface area contributed by atoms with Crippen molar-refractivity contribution in [2.24, 2.45) is 0 Å². The average Bonchev–Trinajstić information content (AvgIpc) is 3.27. The van der Waals surface area contributed by atoms with Crippen LogP contribution in [0.5, 0.6) is 0 Å². The fourth-order valence-corrected chi connectivity index (χ4v) is 6.66. The Morgan fingerprint density at radius 2 is 0.877 bits per heavy atom. The van der Waals surface area contributed by atoms with E-state index in [0.29, 0.717) is 17.4 Å². The number of carbonyl (C=O) groups is 3. The Hall–Kier alpha value is -3.53. The highest BCUT2D eigenvalue weighted by Crippen LogP contribution is 2.14. The van der Waals surface area contributed by atoms with Gasteiger partial charge in [0.15, 0.2) is 6.10 Å². The molecule has 2 atom stereocenters. The summed E-state index contributed by atoms with van der Waals surface area (Å²) >= 11 is 0. The van der Waals surface area contributed by atoms with Gasteiger partial charge in [0.1, 0.15) is 13.2 Å². The van der Waals surface area contributed by atoms with Gasteiger partial charge < -0.3 is 28.5 Å². The molecule has 0 amide bonds. The number of rotatable bonds is 46. The number of allylic oxidation sites excluding steroid dienone is 14. The largest absolute Gasteiger partial charge is 0.477 e. The summed E-state index contributed by atoms with van der Waals surface area (Å²) < 4.78 is 22.7. The zero-order valence-corrected chi connectivity index (χ0v) is 42.1. The zero-order valence-electron chi connectivity index (χ0n) is 42.1. The number of aliphatic carboxylic acids is 1. The predicted octanol–water partition coefficient (Wildman–Crippen LogP) is 14.4. The van der Waals surface area contributed by atoms with Gasteiger partial charge in [-0.1, -0.05) is 176 Å². The van der Waals surface area contributed by atoms with Crippen LogP contribution in [-0.4, -0.2) is 87.4 Å². The normalized spacial score (nSPS) is 13.6. The van der Waals surface area contributed by atoms with Gasteiger partial charge in [0.05, 0.1) is 34.4 Å². The van der Waals surface area contributed by atoms with E-state index in [1.165, 1.54) is 89.9 Å². The summed E-state index contributed by atoms with van der Waals surface area (Å²) in [6, 6.07) is 0. The summed E-state index contributed by atoms with van der Waals surface area (Å²) in [5.74, 6) is -2.08. The van der Waals surface area contributed by atoms with Crippen LogP contribution in [-0.2, 0) is 33.3 Å². The van der Waals surface area contributed by atoms with Crippen molar-refractivity contribution in [3.8, 4) is 0 Å². The lowest BCUT2D eigenvalue weighted by atomic mass is 10.1. The SMILES string of the molecule is CC/C=C\C/C=C\C/C=C\C/C=C\CCCCC(=O)OC(COC(=O)CCCCCCCCCCCC/C=C\C/C=C\C/C=C\CCCCCCC)COC(OCC[N+](C)(C)C)C(=O)O. The summed E-state index contributed by atoms with van der Waals surface area (Å²) in [6.07, 6.45) is 58.0. The number of carbonyl (C=O) groups excluding carboxylic acids is 2. The van der Waals surface area contributed by atoms with E-state index in [0.717, 1.165) is 70.6 Å². The number of quaternary nitrogens is 1. The molecule has 65 heavy (non-hydrogen) atoms. The molecule has 0 aliphatic rings. The van der Waals surface area contributed by atoms with E-state index in [-0.39, 0.29) is 38.6 Å². The van der Waals surface area contributed by atoms with E-state index < -0.39 is 24.3 Å². The van der Waals surface area contributed by atoms with Gasteiger partial charge in [-0.05, 0) is 89.9 Å². The fraction of sp³-hybridized carbons (Fsp3) is 0.696. The number of hydrogen-bond donors (Lipinski definition) is 1. The molecule has 0 spiro atoms. The van der Waals surface area contributed by atoms with Crippen LogP contribution in [0.2, 0.25) is 0 Å². The van der Waals surface area contributed by atoms with E-state index in [1.54, 1.807) is 0 Å². The summed E-state index contributed by atoms with van der Waals surface area (Å²) in [4.78, 5) is 37.2. The standard InChI is InChI=1S/C56H95NO8/c1-6-8-10-12-14-16-18-20-22-23-24-25-26-27-28-29-30-31-33-34-36-38-40-42-44-46-53(58)63-50-52(51-64-56(55(60)61)62-49-48-57(3,4)5)65-54(59)47-45-43-41-39-37-35-32-21-19-17-15-13-11-9-7-2/h9,11,15,17-18,20-21,23-24,26-27,32,37,39,52,56H,6-8,10,12-14,16,19,22,25,28-31,33-36,38,40-51H2,1-5H3/p+1/b11-9-,17-15-,20-18-,24-23-,27-26-,32-21-,39-37-. The maximum atomic E-state index is 12.8. The highest BCUT2D eigenvalue weighted by molar-refractivity contribution is 5.71. The van der Waals surface area contributed by atoms with Crippen LogP contribution in [0.15, 0.2) is 85.1 Å². The fourth-order valence-electron chi connectivity index (χ4n) is 6.66. The van der Waals surface area contributed by atoms with Gasteiger partial charge >= 0.3 is 17.9 Å². The number of esters is 2. The lowest BCUT2D eigenvalue weighted by Crippen LogP contribution is -2.40. The zero-order chi connectivity index (χ0) is 47.7. The van der Waals surface area contributed by atoms with Crippen molar-refractivity contribution in [2.45, 2.75) is 206 Å². The first-order chi connectivity index (χ1) is 31.6. The molecular weight excluding hydrogens is 815 g/mol. The molecule has 0 radical (unpaired) electrons. The van der Waals surface area contributed by atoms with E-state index in [2.05, 4.69) is 98.9 Å². The smallest absolute Gasteiger partial charge is 0.361 e. The molecule has 0 heterocycles. The summed E-state index contributed by atoms with van der Waals surface area (Å²) in [7, 11) is 5.94. The van der Waals surface area contributed by atoms with Crippen molar-refractivity contribution in [1.29, 1.82) is 0 Å². The van der Waals surface area contributed by atoms with Crippen molar-refractivity contribution in [3.63, 3.8) is 0 Å². The summed E-state index contributed by atoms with van der Waals surface area (Å²) in [5, 5.41) is 9.66.